The first-order chi connectivity index (χ1) is 12.1. The summed E-state index contributed by atoms with van der Waals surface area (Å²) in [7, 11) is 3.25. The largest absolute Gasteiger partial charge is 0.497 e. The maximum Gasteiger partial charge on any atom is 0.224 e. The molecule has 0 aliphatic heterocycles. The van der Waals surface area contributed by atoms with Crippen LogP contribution in [0.4, 0.5) is 0 Å². The topological polar surface area (TPSA) is 73.6 Å². The Bertz CT molecular complexity index is 689. The van der Waals surface area contributed by atoms with Gasteiger partial charge in [0.15, 0.2) is 0 Å². The lowest BCUT2D eigenvalue weighted by Gasteiger charge is -2.20. The quantitative estimate of drug-likeness (QED) is 0.773. The summed E-state index contributed by atoms with van der Waals surface area (Å²) in [5, 5.41) is 2.96. The number of rotatable bonds is 8. The number of nitrogens with two attached hydrogens (primary N) is 1. The van der Waals surface area contributed by atoms with Crippen LogP contribution in [0.1, 0.15) is 24.1 Å². The van der Waals surface area contributed by atoms with Crippen LogP contribution >= 0.6 is 0 Å². The van der Waals surface area contributed by atoms with Crippen LogP contribution in [0.15, 0.2) is 48.5 Å². The third-order valence-corrected chi connectivity index (χ3v) is 4.32. The number of amides is 1. The highest BCUT2D eigenvalue weighted by molar-refractivity contribution is 5.79. The van der Waals surface area contributed by atoms with Crippen molar-refractivity contribution in [1.29, 1.82) is 0 Å². The van der Waals surface area contributed by atoms with Gasteiger partial charge < -0.3 is 20.5 Å². The second kappa shape index (κ2) is 9.08. The van der Waals surface area contributed by atoms with E-state index in [2.05, 4.69) is 5.32 Å². The Morgan fingerprint density at radius 3 is 2.48 bits per heavy atom. The molecule has 2 atom stereocenters. The Hall–Kier alpha value is -2.53. The summed E-state index contributed by atoms with van der Waals surface area (Å²) < 4.78 is 10.6. The summed E-state index contributed by atoms with van der Waals surface area (Å²) in [5.74, 6) is 1.18. The number of nitrogens with one attached hydrogen (secondary N) is 1. The van der Waals surface area contributed by atoms with Crippen LogP contribution in [0.2, 0.25) is 0 Å². The van der Waals surface area contributed by atoms with Crippen molar-refractivity contribution >= 4 is 5.91 Å². The summed E-state index contributed by atoms with van der Waals surface area (Å²) in [6.07, 6.45) is 0.652. The molecule has 0 spiro atoms. The molecule has 134 valence electrons. The Kier molecular flexibility index (Phi) is 6.83. The molecule has 0 aliphatic rings. The molecule has 0 bridgehead atoms. The molecule has 0 saturated carbocycles. The highest BCUT2D eigenvalue weighted by Gasteiger charge is 2.21. The van der Waals surface area contributed by atoms with E-state index in [0.29, 0.717) is 13.0 Å². The molecular formula is C20H26N2O3. The van der Waals surface area contributed by atoms with Gasteiger partial charge in [-0.3, -0.25) is 4.79 Å². The van der Waals surface area contributed by atoms with Crippen molar-refractivity contribution in [2.75, 3.05) is 20.8 Å². The lowest BCUT2D eigenvalue weighted by Crippen LogP contribution is -2.36. The van der Waals surface area contributed by atoms with Gasteiger partial charge in [-0.1, -0.05) is 37.3 Å². The summed E-state index contributed by atoms with van der Waals surface area (Å²) in [6.45, 7) is 2.35. The van der Waals surface area contributed by atoms with E-state index in [0.717, 1.165) is 22.6 Å². The first-order valence-electron chi connectivity index (χ1n) is 8.36. The number of hydrogen-bond acceptors (Lipinski definition) is 4. The number of methoxy groups -OCH3 is 2. The number of carbonyl (C=O) groups excluding carboxylic acids is 1. The zero-order chi connectivity index (χ0) is 18.2. The first kappa shape index (κ1) is 18.8. The van der Waals surface area contributed by atoms with Crippen LogP contribution in [0, 0.1) is 5.92 Å². The van der Waals surface area contributed by atoms with Crippen molar-refractivity contribution in [3.8, 4) is 11.5 Å². The van der Waals surface area contributed by atoms with Crippen LogP contribution < -0.4 is 20.5 Å². The third kappa shape index (κ3) is 4.97. The molecule has 0 aromatic heterocycles. The molecule has 0 radical (unpaired) electrons. The molecule has 3 N–H and O–H groups in total. The number of ether oxygens (including phenoxy) is 2. The van der Waals surface area contributed by atoms with E-state index in [-0.39, 0.29) is 17.9 Å². The average Bonchev–Trinajstić information content (AvgIpc) is 2.67. The van der Waals surface area contributed by atoms with Crippen molar-refractivity contribution in [3.63, 3.8) is 0 Å². The minimum Gasteiger partial charge on any atom is -0.497 e. The number of hydrogen-bond donors (Lipinski definition) is 2. The van der Waals surface area contributed by atoms with Crippen LogP contribution in [0.5, 0.6) is 11.5 Å². The first-order valence-corrected chi connectivity index (χ1v) is 8.36. The highest BCUT2D eigenvalue weighted by atomic mass is 16.5. The second-order valence-corrected chi connectivity index (χ2v) is 5.94. The van der Waals surface area contributed by atoms with E-state index in [4.69, 9.17) is 15.2 Å². The fourth-order valence-corrected chi connectivity index (χ4v) is 2.69. The molecule has 2 rings (SSSR count). The lowest BCUT2D eigenvalue weighted by atomic mass is 9.94. The molecule has 0 heterocycles. The minimum atomic E-state index is -0.326. The second-order valence-electron chi connectivity index (χ2n) is 5.94. The molecule has 0 aliphatic carbocycles. The van der Waals surface area contributed by atoms with E-state index >= 15 is 0 Å². The van der Waals surface area contributed by atoms with E-state index in [9.17, 15) is 4.79 Å². The Balaban J connectivity index is 1.92. The SMILES string of the molecule is COc1ccc(OC)c(CCNC(=O)C(C)C(N)c2ccccc2)c1. The average molecular weight is 342 g/mol. The van der Waals surface area contributed by atoms with Crippen LogP contribution in [-0.2, 0) is 11.2 Å². The molecular weight excluding hydrogens is 316 g/mol. The normalized spacial score (nSPS) is 13.0. The highest BCUT2D eigenvalue weighted by Crippen LogP contribution is 2.24. The summed E-state index contributed by atoms with van der Waals surface area (Å²) >= 11 is 0. The smallest absolute Gasteiger partial charge is 0.224 e. The molecule has 5 nitrogen and oxygen atoms in total. The van der Waals surface area contributed by atoms with Gasteiger partial charge >= 0.3 is 0 Å². The zero-order valence-electron chi connectivity index (χ0n) is 15.0. The van der Waals surface area contributed by atoms with Gasteiger partial charge in [-0.05, 0) is 35.7 Å². The molecule has 25 heavy (non-hydrogen) atoms. The zero-order valence-corrected chi connectivity index (χ0v) is 15.0. The molecule has 2 aromatic rings. The molecule has 2 unspecified atom stereocenters. The Morgan fingerprint density at radius 2 is 1.84 bits per heavy atom. The molecule has 2 aromatic carbocycles. The molecule has 1 amide bonds. The fourth-order valence-electron chi connectivity index (χ4n) is 2.69. The van der Waals surface area contributed by atoms with Gasteiger partial charge in [0.1, 0.15) is 11.5 Å². The summed E-state index contributed by atoms with van der Waals surface area (Å²) in [6, 6.07) is 15.0. The van der Waals surface area contributed by atoms with Gasteiger partial charge in [-0.25, -0.2) is 0 Å². The molecule has 0 saturated heterocycles. The van der Waals surface area contributed by atoms with E-state index in [1.807, 2.05) is 55.5 Å². The summed E-state index contributed by atoms with van der Waals surface area (Å²) in [4.78, 5) is 12.4. The molecule has 5 heteroatoms. The van der Waals surface area contributed by atoms with Crippen molar-refractivity contribution in [1.82, 2.24) is 5.32 Å². The standard InChI is InChI=1S/C20H26N2O3/c1-14(19(21)15-7-5-4-6-8-15)20(23)22-12-11-16-13-17(24-2)9-10-18(16)25-3/h4-10,13-14,19H,11-12,21H2,1-3H3,(H,22,23). The van der Waals surface area contributed by atoms with Gasteiger partial charge in [-0.15, -0.1) is 0 Å². The van der Waals surface area contributed by atoms with Crippen molar-refractivity contribution in [2.24, 2.45) is 11.7 Å². The van der Waals surface area contributed by atoms with Crippen LogP contribution in [0.3, 0.4) is 0 Å². The van der Waals surface area contributed by atoms with Crippen molar-refractivity contribution in [2.45, 2.75) is 19.4 Å². The number of carbonyl (C=O) groups is 1. The lowest BCUT2D eigenvalue weighted by molar-refractivity contribution is -0.125. The van der Waals surface area contributed by atoms with Crippen molar-refractivity contribution in [3.05, 3.63) is 59.7 Å². The van der Waals surface area contributed by atoms with E-state index < -0.39 is 0 Å². The van der Waals surface area contributed by atoms with Crippen molar-refractivity contribution < 1.29 is 14.3 Å². The van der Waals surface area contributed by atoms with E-state index in [1.54, 1.807) is 14.2 Å². The monoisotopic (exact) mass is 342 g/mol. The predicted octanol–water partition coefficient (Wildman–Crippen LogP) is 2.70. The van der Waals surface area contributed by atoms with Crippen LogP contribution in [-0.4, -0.2) is 26.7 Å². The Morgan fingerprint density at radius 1 is 1.12 bits per heavy atom. The minimum absolute atomic E-state index is 0.0572. The maximum absolute atomic E-state index is 12.4. The van der Waals surface area contributed by atoms with Gasteiger partial charge in [0, 0.05) is 12.6 Å². The fraction of sp³-hybridized carbons (Fsp3) is 0.350. The Labute approximate surface area is 149 Å². The summed E-state index contributed by atoms with van der Waals surface area (Å²) in [5.41, 5.74) is 8.15. The predicted molar refractivity (Wildman–Crippen MR) is 98.8 cm³/mol. The maximum atomic E-state index is 12.4. The molecule has 0 fully saturated rings. The van der Waals surface area contributed by atoms with E-state index in [1.165, 1.54) is 0 Å². The van der Waals surface area contributed by atoms with Gasteiger partial charge in [0.05, 0.1) is 20.1 Å². The van der Waals surface area contributed by atoms with Gasteiger partial charge in [-0.2, -0.15) is 0 Å². The number of benzene rings is 2. The van der Waals surface area contributed by atoms with Gasteiger partial charge in [0.2, 0.25) is 5.91 Å². The van der Waals surface area contributed by atoms with Crippen LogP contribution in [0.25, 0.3) is 0 Å². The third-order valence-electron chi connectivity index (χ3n) is 4.32. The van der Waals surface area contributed by atoms with Gasteiger partial charge in [0.25, 0.3) is 0 Å².